The molecule has 1 aromatic heterocycles. The van der Waals surface area contributed by atoms with E-state index < -0.39 is 0 Å². The summed E-state index contributed by atoms with van der Waals surface area (Å²) in [6.07, 6.45) is 2.45. The lowest BCUT2D eigenvalue weighted by Crippen LogP contribution is -2.08. The van der Waals surface area contributed by atoms with E-state index in [9.17, 15) is 4.79 Å². The standard InChI is InChI=1S/C12H20N2O2S2/c1-4-8(15)10-9(13)11(17-3)12(18-10)14-6-7-16-5-2/h14H,4-7,13H2,1-3H3. The van der Waals surface area contributed by atoms with Gasteiger partial charge >= 0.3 is 0 Å². The second kappa shape index (κ2) is 7.66. The molecule has 102 valence electrons. The normalized spacial score (nSPS) is 10.6. The predicted octanol–water partition coefficient (Wildman–Crippen LogP) is 3.09. The zero-order chi connectivity index (χ0) is 13.5. The number of nitrogens with two attached hydrogens (primary N) is 1. The Kier molecular flexibility index (Phi) is 6.52. The molecule has 0 aromatic carbocycles. The Morgan fingerprint density at radius 1 is 1.50 bits per heavy atom. The van der Waals surface area contributed by atoms with Gasteiger partial charge in [-0.15, -0.1) is 23.1 Å². The molecular formula is C12H20N2O2S2. The minimum absolute atomic E-state index is 0.102. The molecule has 0 atom stereocenters. The number of nitrogen functional groups attached to an aromatic ring is 1. The number of ether oxygens (including phenoxy) is 1. The zero-order valence-electron chi connectivity index (χ0n) is 11.0. The number of rotatable bonds is 8. The Morgan fingerprint density at radius 3 is 2.78 bits per heavy atom. The monoisotopic (exact) mass is 288 g/mol. The molecule has 3 N–H and O–H groups in total. The highest BCUT2D eigenvalue weighted by molar-refractivity contribution is 7.99. The molecule has 4 nitrogen and oxygen atoms in total. The number of thiophene rings is 1. The van der Waals surface area contributed by atoms with Crippen LogP contribution in [-0.2, 0) is 4.74 Å². The fourth-order valence-electron chi connectivity index (χ4n) is 1.50. The summed E-state index contributed by atoms with van der Waals surface area (Å²) in [5.41, 5.74) is 6.63. The van der Waals surface area contributed by atoms with Crippen LogP contribution in [0.15, 0.2) is 4.90 Å². The quantitative estimate of drug-likeness (QED) is 0.437. The zero-order valence-corrected chi connectivity index (χ0v) is 12.7. The Morgan fingerprint density at radius 2 is 2.22 bits per heavy atom. The van der Waals surface area contributed by atoms with Gasteiger partial charge in [-0.2, -0.15) is 0 Å². The largest absolute Gasteiger partial charge is 0.396 e. The van der Waals surface area contributed by atoms with Gasteiger partial charge in [-0.1, -0.05) is 6.92 Å². The van der Waals surface area contributed by atoms with Gasteiger partial charge < -0.3 is 15.8 Å². The van der Waals surface area contributed by atoms with Crippen LogP contribution in [0.25, 0.3) is 0 Å². The van der Waals surface area contributed by atoms with Crippen molar-refractivity contribution < 1.29 is 9.53 Å². The first kappa shape index (κ1) is 15.3. The molecule has 0 aliphatic rings. The van der Waals surface area contributed by atoms with E-state index >= 15 is 0 Å². The van der Waals surface area contributed by atoms with E-state index in [1.807, 2.05) is 20.1 Å². The molecule has 0 aliphatic carbocycles. The number of Topliss-reactive ketones (excluding diaryl/α,β-unsaturated/α-hetero) is 1. The molecule has 0 bridgehead atoms. The van der Waals surface area contributed by atoms with E-state index in [1.165, 1.54) is 11.3 Å². The summed E-state index contributed by atoms with van der Waals surface area (Å²) in [7, 11) is 0. The van der Waals surface area contributed by atoms with E-state index in [1.54, 1.807) is 11.8 Å². The van der Waals surface area contributed by atoms with Crippen molar-refractivity contribution in [3.8, 4) is 0 Å². The molecular weight excluding hydrogens is 268 g/mol. The average Bonchev–Trinajstić information content (AvgIpc) is 2.70. The molecule has 0 spiro atoms. The highest BCUT2D eigenvalue weighted by atomic mass is 32.2. The number of hydrogen-bond acceptors (Lipinski definition) is 6. The van der Waals surface area contributed by atoms with Crippen molar-refractivity contribution >= 4 is 39.6 Å². The second-order valence-corrected chi connectivity index (χ2v) is 5.44. The number of anilines is 2. The molecule has 0 saturated carbocycles. The molecule has 1 heterocycles. The third-order valence-corrected chi connectivity index (χ3v) is 4.58. The van der Waals surface area contributed by atoms with Gasteiger partial charge in [0.25, 0.3) is 0 Å². The highest BCUT2D eigenvalue weighted by Crippen LogP contribution is 2.41. The third kappa shape index (κ3) is 3.63. The van der Waals surface area contributed by atoms with Crippen LogP contribution in [0.4, 0.5) is 10.7 Å². The van der Waals surface area contributed by atoms with Crippen molar-refractivity contribution in [1.82, 2.24) is 0 Å². The van der Waals surface area contributed by atoms with Crippen LogP contribution in [0.5, 0.6) is 0 Å². The van der Waals surface area contributed by atoms with E-state index in [4.69, 9.17) is 10.5 Å². The van der Waals surface area contributed by atoms with Crippen molar-refractivity contribution in [1.29, 1.82) is 0 Å². The lowest BCUT2D eigenvalue weighted by atomic mass is 10.2. The number of carbonyl (C=O) groups is 1. The maximum atomic E-state index is 11.8. The van der Waals surface area contributed by atoms with E-state index in [2.05, 4.69) is 5.32 Å². The fraction of sp³-hybridized carbons (Fsp3) is 0.583. The van der Waals surface area contributed by atoms with E-state index in [0.29, 0.717) is 30.2 Å². The van der Waals surface area contributed by atoms with Gasteiger partial charge in [0.2, 0.25) is 0 Å². The summed E-state index contributed by atoms with van der Waals surface area (Å²) in [6.45, 7) is 5.90. The summed E-state index contributed by atoms with van der Waals surface area (Å²) in [4.78, 5) is 13.4. The van der Waals surface area contributed by atoms with Crippen molar-refractivity contribution in [2.24, 2.45) is 0 Å². The molecule has 0 fully saturated rings. The summed E-state index contributed by atoms with van der Waals surface area (Å²) in [6, 6.07) is 0. The van der Waals surface area contributed by atoms with E-state index in [0.717, 1.165) is 16.4 Å². The summed E-state index contributed by atoms with van der Waals surface area (Å²) < 4.78 is 5.27. The van der Waals surface area contributed by atoms with Crippen LogP contribution in [-0.4, -0.2) is 31.8 Å². The predicted molar refractivity (Wildman–Crippen MR) is 80.1 cm³/mol. The first-order valence-electron chi connectivity index (χ1n) is 5.96. The topological polar surface area (TPSA) is 64.3 Å². The summed E-state index contributed by atoms with van der Waals surface area (Å²) in [5.74, 6) is 0.102. The number of thioether (sulfide) groups is 1. The van der Waals surface area contributed by atoms with Crippen LogP contribution >= 0.6 is 23.1 Å². The molecule has 0 saturated heterocycles. The van der Waals surface area contributed by atoms with Crippen molar-refractivity contribution in [3.63, 3.8) is 0 Å². The van der Waals surface area contributed by atoms with Gasteiger partial charge in [0.1, 0.15) is 5.00 Å². The maximum absolute atomic E-state index is 11.8. The number of carbonyl (C=O) groups excluding carboxylic acids is 1. The number of hydrogen-bond donors (Lipinski definition) is 2. The Bertz CT molecular complexity index is 405. The molecule has 1 rings (SSSR count). The van der Waals surface area contributed by atoms with E-state index in [-0.39, 0.29) is 5.78 Å². The minimum atomic E-state index is 0.102. The van der Waals surface area contributed by atoms with Crippen LogP contribution in [0, 0.1) is 0 Å². The minimum Gasteiger partial charge on any atom is -0.396 e. The van der Waals surface area contributed by atoms with Crippen LogP contribution in [0.2, 0.25) is 0 Å². The lowest BCUT2D eigenvalue weighted by molar-refractivity contribution is 0.0992. The van der Waals surface area contributed by atoms with Gasteiger partial charge in [0.05, 0.1) is 22.1 Å². The van der Waals surface area contributed by atoms with Crippen LogP contribution in [0.3, 0.4) is 0 Å². The van der Waals surface area contributed by atoms with Gasteiger partial charge in [-0.25, -0.2) is 0 Å². The molecule has 0 amide bonds. The Labute approximate surface area is 116 Å². The SMILES string of the molecule is CCOCCNc1sc(C(=O)CC)c(N)c1SC. The molecule has 18 heavy (non-hydrogen) atoms. The molecule has 0 aliphatic heterocycles. The smallest absolute Gasteiger partial charge is 0.174 e. The molecule has 6 heteroatoms. The Balaban J connectivity index is 2.80. The van der Waals surface area contributed by atoms with Gasteiger partial charge in [-0.3, -0.25) is 4.79 Å². The number of ketones is 1. The van der Waals surface area contributed by atoms with Crippen LogP contribution < -0.4 is 11.1 Å². The first-order valence-corrected chi connectivity index (χ1v) is 8.00. The first-order chi connectivity index (χ1) is 8.65. The molecule has 0 unspecified atom stereocenters. The Hall–Kier alpha value is -0.720. The lowest BCUT2D eigenvalue weighted by Gasteiger charge is -2.05. The fourth-order valence-corrected chi connectivity index (χ4v) is 3.57. The van der Waals surface area contributed by atoms with Gasteiger partial charge in [-0.05, 0) is 13.2 Å². The summed E-state index contributed by atoms with van der Waals surface area (Å²) >= 11 is 3.00. The number of nitrogens with one attached hydrogen (secondary N) is 1. The van der Waals surface area contributed by atoms with Gasteiger partial charge in [0.15, 0.2) is 5.78 Å². The second-order valence-electron chi connectivity index (χ2n) is 3.61. The molecule has 0 radical (unpaired) electrons. The van der Waals surface area contributed by atoms with Crippen molar-refractivity contribution in [2.75, 3.05) is 37.1 Å². The maximum Gasteiger partial charge on any atom is 0.174 e. The third-order valence-electron chi connectivity index (χ3n) is 2.41. The van der Waals surface area contributed by atoms with Gasteiger partial charge in [0, 0.05) is 19.6 Å². The molecule has 1 aromatic rings. The van der Waals surface area contributed by atoms with Crippen molar-refractivity contribution in [2.45, 2.75) is 25.2 Å². The summed E-state index contributed by atoms with van der Waals surface area (Å²) in [5, 5.41) is 4.25. The van der Waals surface area contributed by atoms with Crippen molar-refractivity contribution in [3.05, 3.63) is 4.88 Å². The highest BCUT2D eigenvalue weighted by Gasteiger charge is 2.19. The average molecular weight is 288 g/mol. The van der Waals surface area contributed by atoms with Crippen LogP contribution in [0.1, 0.15) is 29.9 Å².